The smallest absolute Gasteiger partial charge is 0.768 e. The second kappa shape index (κ2) is 5.26. The average molecular weight is 252 g/mol. The van der Waals surface area contributed by atoms with Gasteiger partial charge in [0, 0.05) is 0 Å². The summed E-state index contributed by atoms with van der Waals surface area (Å²) in [6, 6.07) is 0. The molecular formula is C6HF4NaO3S. The summed E-state index contributed by atoms with van der Waals surface area (Å²) < 4.78 is 70.5. The Hall–Kier alpha value is -0.150. The van der Waals surface area contributed by atoms with Crippen molar-refractivity contribution in [3.05, 3.63) is 23.3 Å². The van der Waals surface area contributed by atoms with Gasteiger partial charge < -0.3 is 9.66 Å². The normalized spacial score (nSPS) is 12.1. The van der Waals surface area contributed by atoms with E-state index in [0.29, 0.717) is 0 Å². The molecule has 0 amide bonds. The molecule has 0 saturated carbocycles. The van der Waals surface area contributed by atoms with E-state index >= 15 is 0 Å². The first-order valence-electron chi connectivity index (χ1n) is 3.02. The van der Waals surface area contributed by atoms with Crippen molar-refractivity contribution < 1.29 is 61.0 Å². The molecule has 0 saturated heterocycles. The number of aromatic hydroxyl groups is 1. The van der Waals surface area contributed by atoms with Crippen molar-refractivity contribution >= 4 is 11.1 Å². The molecule has 0 aliphatic carbocycles. The third kappa shape index (κ3) is 2.51. The largest absolute Gasteiger partial charge is 1.00 e. The zero-order valence-electron chi connectivity index (χ0n) is 7.18. The van der Waals surface area contributed by atoms with Crippen LogP contribution in [-0.4, -0.2) is 13.9 Å². The van der Waals surface area contributed by atoms with E-state index in [1.54, 1.807) is 0 Å². The molecule has 0 heterocycles. The molecule has 1 unspecified atom stereocenters. The van der Waals surface area contributed by atoms with Crippen molar-refractivity contribution in [2.24, 2.45) is 0 Å². The minimum atomic E-state index is -3.47. The van der Waals surface area contributed by atoms with E-state index in [9.17, 15) is 26.3 Å². The maximum Gasteiger partial charge on any atom is 1.00 e. The minimum Gasteiger partial charge on any atom is -0.768 e. The maximum atomic E-state index is 12.6. The van der Waals surface area contributed by atoms with E-state index in [1.165, 1.54) is 0 Å². The van der Waals surface area contributed by atoms with Crippen LogP contribution >= 0.6 is 0 Å². The fraction of sp³-hybridized carbons (Fsp3) is 0. The molecule has 1 rings (SSSR count). The molecule has 1 N–H and O–H groups in total. The molecule has 0 aliphatic heterocycles. The molecule has 0 aliphatic rings. The summed E-state index contributed by atoms with van der Waals surface area (Å²) in [6.07, 6.45) is 0. The first-order chi connectivity index (χ1) is 6.37. The van der Waals surface area contributed by atoms with E-state index in [4.69, 9.17) is 5.11 Å². The number of rotatable bonds is 1. The number of phenols is 1. The fourth-order valence-corrected chi connectivity index (χ4v) is 1.22. The van der Waals surface area contributed by atoms with E-state index in [0.717, 1.165) is 0 Å². The van der Waals surface area contributed by atoms with Crippen LogP contribution in [0.1, 0.15) is 0 Å². The maximum absolute atomic E-state index is 12.6. The van der Waals surface area contributed by atoms with E-state index in [-0.39, 0.29) is 29.6 Å². The van der Waals surface area contributed by atoms with Gasteiger partial charge in [0.2, 0.25) is 11.6 Å². The zero-order valence-corrected chi connectivity index (χ0v) is 10.0. The van der Waals surface area contributed by atoms with Gasteiger partial charge in [0.1, 0.15) is 4.90 Å². The Morgan fingerprint density at radius 2 is 1.33 bits per heavy atom. The molecule has 78 valence electrons. The van der Waals surface area contributed by atoms with Gasteiger partial charge in [0.25, 0.3) is 0 Å². The summed E-state index contributed by atoms with van der Waals surface area (Å²) in [6.45, 7) is 0. The Balaban J connectivity index is 0.00000196. The number of hydrogen-bond donors (Lipinski definition) is 1. The van der Waals surface area contributed by atoms with Crippen LogP contribution in [0.2, 0.25) is 0 Å². The van der Waals surface area contributed by atoms with Gasteiger partial charge in [0.15, 0.2) is 17.4 Å². The van der Waals surface area contributed by atoms with Gasteiger partial charge >= 0.3 is 29.6 Å². The summed E-state index contributed by atoms with van der Waals surface area (Å²) in [5, 5.41) is 8.44. The second-order valence-corrected chi connectivity index (χ2v) is 3.05. The van der Waals surface area contributed by atoms with Crippen LogP contribution < -0.4 is 29.6 Å². The molecule has 0 spiro atoms. The molecule has 1 atom stereocenters. The first kappa shape index (κ1) is 14.8. The van der Waals surface area contributed by atoms with Gasteiger partial charge in [0.05, 0.1) is 0 Å². The third-order valence-electron chi connectivity index (χ3n) is 1.37. The van der Waals surface area contributed by atoms with Gasteiger partial charge in [-0.05, 0) is 11.1 Å². The molecule has 0 radical (unpaired) electrons. The molecule has 0 bridgehead atoms. The van der Waals surface area contributed by atoms with Gasteiger partial charge in [-0.25, -0.2) is 8.78 Å². The Morgan fingerprint density at radius 1 is 1.00 bits per heavy atom. The second-order valence-electron chi connectivity index (χ2n) is 2.17. The summed E-state index contributed by atoms with van der Waals surface area (Å²) >= 11 is -3.47. The van der Waals surface area contributed by atoms with Crippen molar-refractivity contribution in [2.75, 3.05) is 0 Å². The molecule has 9 heteroatoms. The summed E-state index contributed by atoms with van der Waals surface area (Å²) in [5.74, 6) is -10.5. The van der Waals surface area contributed by atoms with Crippen molar-refractivity contribution in [3.8, 4) is 5.75 Å². The van der Waals surface area contributed by atoms with Gasteiger partial charge in [-0.15, -0.1) is 0 Å². The Kier molecular flexibility index (Phi) is 5.21. The van der Waals surface area contributed by atoms with Gasteiger partial charge in [-0.3, -0.25) is 4.21 Å². The summed E-state index contributed by atoms with van der Waals surface area (Å²) in [5.41, 5.74) is 0. The number of halogens is 4. The van der Waals surface area contributed by atoms with Crippen LogP contribution in [0.4, 0.5) is 17.6 Å². The standard InChI is InChI=1S/C6H2F4O3S.Na/c7-1-3(9)6(14(12)13)4(10)2(8)5(1)11;/h11H,(H,12,13);/q;+1/p-1. The monoisotopic (exact) mass is 252 g/mol. The van der Waals surface area contributed by atoms with Crippen LogP contribution in [0, 0.1) is 23.3 Å². The quantitative estimate of drug-likeness (QED) is 0.277. The van der Waals surface area contributed by atoms with Crippen LogP contribution in [0.25, 0.3) is 0 Å². The fourth-order valence-electron chi connectivity index (χ4n) is 0.746. The number of benzene rings is 1. The van der Waals surface area contributed by atoms with E-state index in [1.807, 2.05) is 0 Å². The summed E-state index contributed by atoms with van der Waals surface area (Å²) in [4.78, 5) is -1.78. The molecule has 3 nitrogen and oxygen atoms in total. The van der Waals surface area contributed by atoms with Crippen LogP contribution in [0.3, 0.4) is 0 Å². The Morgan fingerprint density at radius 3 is 1.60 bits per heavy atom. The van der Waals surface area contributed by atoms with Crippen molar-refractivity contribution in [1.29, 1.82) is 0 Å². The predicted molar refractivity (Wildman–Crippen MR) is 35.1 cm³/mol. The van der Waals surface area contributed by atoms with Crippen LogP contribution in [-0.2, 0) is 11.1 Å². The van der Waals surface area contributed by atoms with Crippen molar-refractivity contribution in [1.82, 2.24) is 0 Å². The van der Waals surface area contributed by atoms with Crippen LogP contribution in [0.15, 0.2) is 4.90 Å². The average Bonchev–Trinajstić information content (AvgIpc) is 2.11. The number of phenolic OH excluding ortho intramolecular Hbond substituents is 1. The zero-order chi connectivity index (χ0) is 11.0. The van der Waals surface area contributed by atoms with Gasteiger partial charge in [-0.2, -0.15) is 8.78 Å². The molecule has 0 fully saturated rings. The molecule has 1 aromatic rings. The third-order valence-corrected chi connectivity index (χ3v) is 2.06. The number of hydrogen-bond acceptors (Lipinski definition) is 3. The first-order valence-corrected chi connectivity index (χ1v) is 4.09. The Bertz CT molecular complexity index is 396. The molecule has 15 heavy (non-hydrogen) atoms. The molecule has 0 aromatic heterocycles. The van der Waals surface area contributed by atoms with Crippen LogP contribution in [0.5, 0.6) is 5.75 Å². The molecule has 1 aromatic carbocycles. The SMILES string of the molecule is O=S([O-])c1c(F)c(F)c(O)c(F)c1F.[Na+]. The van der Waals surface area contributed by atoms with Crippen molar-refractivity contribution in [2.45, 2.75) is 4.90 Å². The predicted octanol–water partition coefficient (Wildman–Crippen LogP) is -1.81. The van der Waals surface area contributed by atoms with E-state index in [2.05, 4.69) is 0 Å². The van der Waals surface area contributed by atoms with Gasteiger partial charge in [-0.1, -0.05) is 0 Å². The van der Waals surface area contributed by atoms with E-state index < -0.39 is 45.0 Å². The minimum absolute atomic E-state index is 0. The van der Waals surface area contributed by atoms with Crippen molar-refractivity contribution in [3.63, 3.8) is 0 Å². The summed E-state index contributed by atoms with van der Waals surface area (Å²) in [7, 11) is 0. The molecular weight excluding hydrogens is 251 g/mol. The Labute approximate surface area is 106 Å². The topological polar surface area (TPSA) is 60.4 Å².